The van der Waals surface area contributed by atoms with E-state index in [1.807, 2.05) is 0 Å². The average Bonchev–Trinajstić information content (AvgIpc) is 1.64. The molecule has 0 aliphatic heterocycles. The average molecular weight is 115 g/mol. The van der Waals surface area contributed by atoms with Crippen LogP contribution in [-0.4, -0.2) is 11.8 Å². The van der Waals surface area contributed by atoms with Crippen molar-refractivity contribution in [3.8, 4) is 0 Å². The van der Waals surface area contributed by atoms with Gasteiger partial charge in [0.05, 0.1) is 11.9 Å². The molecule has 0 aliphatic rings. The van der Waals surface area contributed by atoms with Crippen molar-refractivity contribution in [3.63, 3.8) is 0 Å². The molecule has 1 atom stereocenters. The van der Waals surface area contributed by atoms with Gasteiger partial charge in [0.2, 0.25) is 0 Å². The standard InChI is InChI=1S/C5H8O3/c1-3(4(2)6)5(7)8/h3H,1-2H3,(H,7,8)/p-1. The van der Waals surface area contributed by atoms with E-state index in [1.165, 1.54) is 13.8 Å². The molecule has 0 saturated carbocycles. The second-order valence-corrected chi connectivity index (χ2v) is 1.65. The normalized spacial score (nSPS) is 12.8. The van der Waals surface area contributed by atoms with E-state index in [0.717, 1.165) is 0 Å². The molecule has 0 saturated heterocycles. The van der Waals surface area contributed by atoms with E-state index in [-0.39, 0.29) is 5.78 Å². The van der Waals surface area contributed by atoms with E-state index in [0.29, 0.717) is 0 Å². The van der Waals surface area contributed by atoms with E-state index in [2.05, 4.69) is 0 Å². The summed E-state index contributed by atoms with van der Waals surface area (Å²) in [4.78, 5) is 20.0. The first-order valence-electron chi connectivity index (χ1n) is 2.27. The Labute approximate surface area is 47.3 Å². The van der Waals surface area contributed by atoms with E-state index in [9.17, 15) is 14.7 Å². The van der Waals surface area contributed by atoms with Gasteiger partial charge in [0.15, 0.2) is 0 Å². The van der Waals surface area contributed by atoms with Gasteiger partial charge in [-0.25, -0.2) is 0 Å². The van der Waals surface area contributed by atoms with Crippen molar-refractivity contribution >= 4 is 11.8 Å². The number of hydrogen-bond acceptors (Lipinski definition) is 3. The quantitative estimate of drug-likeness (QED) is 0.432. The van der Waals surface area contributed by atoms with Crippen LogP contribution in [0.2, 0.25) is 0 Å². The van der Waals surface area contributed by atoms with Crippen LogP contribution in [0.1, 0.15) is 13.8 Å². The number of hydrogen-bond donors (Lipinski definition) is 0. The maximum atomic E-state index is 10.2. The predicted octanol–water partition coefficient (Wildman–Crippen LogP) is -1.04. The molecule has 0 spiro atoms. The van der Waals surface area contributed by atoms with Gasteiger partial charge < -0.3 is 9.90 Å². The maximum absolute atomic E-state index is 10.2. The number of carboxylic acids is 1. The fraction of sp³-hybridized carbons (Fsp3) is 0.600. The number of rotatable bonds is 2. The number of carbonyl (C=O) groups is 2. The number of carbonyl (C=O) groups excluding carboxylic acids is 2. The second kappa shape index (κ2) is 2.45. The largest absolute Gasteiger partial charge is 0.549 e. The topological polar surface area (TPSA) is 57.2 Å². The van der Waals surface area contributed by atoms with Crippen molar-refractivity contribution in [3.05, 3.63) is 0 Å². The Morgan fingerprint density at radius 2 is 1.88 bits per heavy atom. The Balaban J connectivity index is 3.83. The van der Waals surface area contributed by atoms with Gasteiger partial charge in [-0.1, -0.05) is 6.92 Å². The van der Waals surface area contributed by atoms with E-state index < -0.39 is 11.9 Å². The van der Waals surface area contributed by atoms with Crippen LogP contribution in [-0.2, 0) is 9.59 Å². The molecule has 1 unspecified atom stereocenters. The molecule has 46 valence electrons. The summed E-state index contributed by atoms with van der Waals surface area (Å²) < 4.78 is 0. The molecule has 8 heavy (non-hydrogen) atoms. The van der Waals surface area contributed by atoms with Gasteiger partial charge in [-0.15, -0.1) is 0 Å². The minimum atomic E-state index is -1.31. The minimum Gasteiger partial charge on any atom is -0.549 e. The predicted molar refractivity (Wildman–Crippen MR) is 24.9 cm³/mol. The lowest BCUT2D eigenvalue weighted by atomic mass is 10.1. The molecule has 0 aliphatic carbocycles. The van der Waals surface area contributed by atoms with Crippen molar-refractivity contribution in [2.75, 3.05) is 0 Å². The third-order valence-corrected chi connectivity index (χ3v) is 0.963. The molecule has 0 rings (SSSR count). The Morgan fingerprint density at radius 3 is 1.88 bits per heavy atom. The summed E-state index contributed by atoms with van der Waals surface area (Å²) >= 11 is 0. The summed E-state index contributed by atoms with van der Waals surface area (Å²) in [6.07, 6.45) is 0. The molecule has 0 aromatic rings. The van der Waals surface area contributed by atoms with E-state index in [4.69, 9.17) is 0 Å². The van der Waals surface area contributed by atoms with Crippen molar-refractivity contribution in [1.82, 2.24) is 0 Å². The first-order valence-corrected chi connectivity index (χ1v) is 2.27. The lowest BCUT2D eigenvalue weighted by molar-refractivity contribution is -0.309. The molecule has 0 amide bonds. The zero-order chi connectivity index (χ0) is 6.73. The monoisotopic (exact) mass is 115 g/mol. The van der Waals surface area contributed by atoms with Crippen molar-refractivity contribution < 1.29 is 14.7 Å². The van der Waals surface area contributed by atoms with Crippen LogP contribution in [0.25, 0.3) is 0 Å². The molecule has 0 N–H and O–H groups in total. The lowest BCUT2D eigenvalue weighted by Crippen LogP contribution is -2.33. The van der Waals surface area contributed by atoms with Crippen molar-refractivity contribution in [2.24, 2.45) is 5.92 Å². The van der Waals surface area contributed by atoms with Crippen LogP contribution in [0.15, 0.2) is 0 Å². The Morgan fingerprint density at radius 1 is 1.50 bits per heavy atom. The highest BCUT2D eigenvalue weighted by Gasteiger charge is 2.06. The second-order valence-electron chi connectivity index (χ2n) is 1.65. The van der Waals surface area contributed by atoms with Gasteiger partial charge in [-0.3, -0.25) is 4.79 Å². The Hall–Kier alpha value is -0.860. The molecule has 3 nitrogen and oxygen atoms in total. The van der Waals surface area contributed by atoms with Gasteiger partial charge in [0.1, 0.15) is 5.78 Å². The highest BCUT2D eigenvalue weighted by Crippen LogP contribution is 1.91. The molecule has 0 bridgehead atoms. The van der Waals surface area contributed by atoms with Gasteiger partial charge in [-0.05, 0) is 6.92 Å². The smallest absolute Gasteiger partial charge is 0.138 e. The summed E-state index contributed by atoms with van der Waals surface area (Å²) in [7, 11) is 0. The van der Waals surface area contributed by atoms with Crippen molar-refractivity contribution in [1.29, 1.82) is 0 Å². The third-order valence-electron chi connectivity index (χ3n) is 0.963. The first kappa shape index (κ1) is 7.14. The van der Waals surface area contributed by atoms with Gasteiger partial charge in [0, 0.05) is 0 Å². The third kappa shape index (κ3) is 1.73. The van der Waals surface area contributed by atoms with E-state index in [1.54, 1.807) is 0 Å². The summed E-state index contributed by atoms with van der Waals surface area (Å²) in [6, 6.07) is 0. The maximum Gasteiger partial charge on any atom is 0.138 e. The molecule has 3 heteroatoms. The lowest BCUT2D eigenvalue weighted by Gasteiger charge is -2.05. The zero-order valence-electron chi connectivity index (χ0n) is 4.80. The fourth-order valence-corrected chi connectivity index (χ4v) is 0.166. The number of aliphatic carboxylic acids is 1. The number of carboxylic acid groups (broad SMARTS) is 1. The molecule has 0 aromatic carbocycles. The van der Waals surface area contributed by atoms with Gasteiger partial charge in [-0.2, -0.15) is 0 Å². The molecule has 0 fully saturated rings. The molecule has 0 radical (unpaired) electrons. The highest BCUT2D eigenvalue weighted by molar-refractivity contribution is 5.95. The van der Waals surface area contributed by atoms with Crippen LogP contribution < -0.4 is 5.11 Å². The number of ketones is 1. The molecular weight excluding hydrogens is 108 g/mol. The molecule has 0 aromatic heterocycles. The fourth-order valence-electron chi connectivity index (χ4n) is 0.166. The van der Waals surface area contributed by atoms with Crippen LogP contribution in [0.4, 0.5) is 0 Å². The van der Waals surface area contributed by atoms with Crippen LogP contribution in [0.3, 0.4) is 0 Å². The SMILES string of the molecule is CC(=O)C(C)C(=O)[O-]. The Bertz CT molecular complexity index is 103. The molecule has 0 heterocycles. The summed E-state index contributed by atoms with van der Waals surface area (Å²) in [5, 5.41) is 9.81. The van der Waals surface area contributed by atoms with E-state index >= 15 is 0 Å². The molecular formula is C5H7O3-. The Kier molecular flexibility index (Phi) is 2.19. The van der Waals surface area contributed by atoms with Gasteiger partial charge in [0.25, 0.3) is 0 Å². The zero-order valence-corrected chi connectivity index (χ0v) is 4.80. The minimum absolute atomic E-state index is 0.370. The summed E-state index contributed by atoms with van der Waals surface area (Å²) in [6.45, 7) is 2.53. The summed E-state index contributed by atoms with van der Waals surface area (Å²) in [5.74, 6) is -2.64. The first-order chi connectivity index (χ1) is 3.55. The van der Waals surface area contributed by atoms with Crippen LogP contribution in [0.5, 0.6) is 0 Å². The van der Waals surface area contributed by atoms with Crippen molar-refractivity contribution in [2.45, 2.75) is 13.8 Å². The van der Waals surface area contributed by atoms with Crippen LogP contribution >= 0.6 is 0 Å². The summed E-state index contributed by atoms with van der Waals surface area (Å²) in [5.41, 5.74) is 0. The highest BCUT2D eigenvalue weighted by atomic mass is 16.4. The van der Waals surface area contributed by atoms with Crippen LogP contribution in [0, 0.1) is 5.92 Å². The van der Waals surface area contributed by atoms with Gasteiger partial charge >= 0.3 is 0 Å². The number of Topliss-reactive ketones (excluding diaryl/α,β-unsaturated/α-hetero) is 1.